The molecule has 24 nitrogen and oxygen atoms in total. The molecule has 28 heteroatoms. The third-order valence-corrected chi connectivity index (χ3v) is 20.4. The number of β-amino-alcohol motifs (C(OH)–C–C–N with tert-alkyl or cyclic N) is 1. The number of alkyl halides is 2. The Morgan fingerprint density at radius 1 is 0.765 bits per heavy atom. The molecule has 0 radical (unpaired) electrons. The van der Waals surface area contributed by atoms with Gasteiger partial charge < -0.3 is 66.9 Å². The molecule has 3 aliphatic rings. The van der Waals surface area contributed by atoms with Gasteiger partial charge in [0, 0.05) is 67.8 Å². The van der Waals surface area contributed by atoms with E-state index in [1.165, 1.54) is 14.7 Å². The molecule has 3 fully saturated rings. The van der Waals surface area contributed by atoms with Crippen LogP contribution in [0.15, 0.2) is 115 Å². The van der Waals surface area contributed by atoms with Crippen LogP contribution in [0.25, 0.3) is 21.3 Å². The Morgan fingerprint density at radius 3 is 2.03 bits per heavy atom. The van der Waals surface area contributed by atoms with Crippen LogP contribution in [0, 0.1) is 12.3 Å². The van der Waals surface area contributed by atoms with Crippen molar-refractivity contribution in [3.63, 3.8) is 0 Å². The van der Waals surface area contributed by atoms with Crippen LogP contribution in [-0.2, 0) is 48.6 Å². The van der Waals surface area contributed by atoms with E-state index in [0.717, 1.165) is 57.1 Å². The first-order chi connectivity index (χ1) is 46.5. The first-order valence-corrected chi connectivity index (χ1v) is 35.5. The quantitative estimate of drug-likeness (QED) is 0.0179. The highest BCUT2D eigenvalue weighted by molar-refractivity contribution is 7.52. The van der Waals surface area contributed by atoms with Crippen LogP contribution >= 0.6 is 18.9 Å². The second-order valence-corrected chi connectivity index (χ2v) is 29.2. The van der Waals surface area contributed by atoms with Gasteiger partial charge in [0.2, 0.25) is 47.3 Å². The first kappa shape index (κ1) is 73.5. The van der Waals surface area contributed by atoms with Crippen molar-refractivity contribution < 1.29 is 71.4 Å². The lowest BCUT2D eigenvalue weighted by atomic mass is 9.85. The molecule has 4 aromatic carbocycles. The normalized spacial score (nSPS) is 19.2. The predicted octanol–water partition coefficient (Wildman–Crippen LogP) is 7.27. The minimum absolute atomic E-state index is 0.0135. The number of likely N-dealkylation sites (tertiary alicyclic amines) is 1. The second kappa shape index (κ2) is 31.8. The fourth-order valence-corrected chi connectivity index (χ4v) is 14.3. The van der Waals surface area contributed by atoms with Crippen LogP contribution in [-0.4, -0.2) is 155 Å². The molecule has 0 aliphatic carbocycles. The van der Waals surface area contributed by atoms with Crippen LogP contribution in [0.2, 0.25) is 0 Å². The Morgan fingerprint density at radius 2 is 1.41 bits per heavy atom. The summed E-state index contributed by atoms with van der Waals surface area (Å²) in [4.78, 5) is 158. The molecule has 9 rings (SSSR count). The smallest absolute Gasteiger partial charge is 0.391 e. The number of hydrogen-bond donors (Lipinski definition) is 10. The van der Waals surface area contributed by atoms with E-state index in [4.69, 9.17) is 5.73 Å². The summed E-state index contributed by atoms with van der Waals surface area (Å²) in [5, 5.41) is 25.2. The fraction of sp³-hybridized carbons (Fsp3) is 0.457. The Labute approximate surface area is 570 Å². The number of aromatic amines is 1. The number of hydrogen-bond acceptors (Lipinski definition) is 13. The fourth-order valence-electron chi connectivity index (χ4n) is 13.0. The van der Waals surface area contributed by atoms with Crippen molar-refractivity contribution in [2.24, 2.45) is 11.1 Å². The number of aliphatic hydroxyl groups excluding tert-OH is 1. The van der Waals surface area contributed by atoms with Crippen molar-refractivity contribution in [3.05, 3.63) is 148 Å². The zero-order chi connectivity index (χ0) is 70.8. The average Bonchev–Trinajstić information content (AvgIpc) is 1.50. The molecule has 3 aliphatic heterocycles. The number of aromatic nitrogens is 2. The van der Waals surface area contributed by atoms with Gasteiger partial charge >= 0.3 is 13.3 Å². The molecule has 5 heterocycles. The van der Waals surface area contributed by atoms with E-state index in [2.05, 4.69) is 36.6 Å². The molecule has 0 saturated carbocycles. The number of unbranched alkanes of at least 4 members (excludes halogenated alkanes) is 4. The summed E-state index contributed by atoms with van der Waals surface area (Å²) in [6.07, 6.45) is 2.06. The van der Waals surface area contributed by atoms with E-state index in [1.54, 1.807) is 16.8 Å². The van der Waals surface area contributed by atoms with Crippen molar-refractivity contribution in [3.8, 4) is 10.4 Å². The topological polar surface area (TPSA) is 356 Å². The number of rotatable bonds is 27. The van der Waals surface area contributed by atoms with Gasteiger partial charge in [-0.3, -0.25) is 47.7 Å². The lowest BCUT2D eigenvalue weighted by Gasteiger charge is -2.39. The van der Waals surface area contributed by atoms with Crippen molar-refractivity contribution >= 4 is 83.0 Å². The van der Waals surface area contributed by atoms with Crippen LogP contribution in [0.5, 0.6) is 0 Å². The van der Waals surface area contributed by atoms with Gasteiger partial charge in [-0.25, -0.2) is 4.98 Å². The molecule has 524 valence electrons. The number of nitrogens with one attached hydrogen (secondary N) is 6. The van der Waals surface area contributed by atoms with Crippen LogP contribution in [0.4, 0.5) is 8.78 Å². The number of carbonyl (C=O) groups excluding carboxylic acids is 9. The Hall–Kier alpha value is -8.75. The maximum absolute atomic E-state index is 15.1. The van der Waals surface area contributed by atoms with Gasteiger partial charge in [0.05, 0.1) is 34.3 Å². The van der Waals surface area contributed by atoms with E-state index in [-0.39, 0.29) is 99.4 Å². The number of aliphatic hydroxyl groups is 1. The highest BCUT2D eigenvalue weighted by Crippen LogP contribution is 2.59. The molecule has 3 saturated heterocycles. The van der Waals surface area contributed by atoms with Gasteiger partial charge in [-0.1, -0.05) is 131 Å². The monoisotopic (exact) mass is 1390 g/mol. The lowest BCUT2D eigenvalue weighted by Crippen LogP contribution is -2.62. The molecule has 0 spiro atoms. The van der Waals surface area contributed by atoms with E-state index in [9.17, 15) is 66.6 Å². The Kier molecular flexibility index (Phi) is 23.9. The number of nitrogens with zero attached hydrogens (tertiary/aromatic N) is 4. The van der Waals surface area contributed by atoms with Crippen LogP contribution < -0.4 is 32.3 Å². The number of aryl methyl sites for hydroxylation is 1. The van der Waals surface area contributed by atoms with Gasteiger partial charge in [-0.15, -0.1) is 11.3 Å². The number of nitrogens with two attached hydrogens (primary N) is 1. The highest BCUT2D eigenvalue weighted by Gasteiger charge is 2.51. The number of amides is 9. The average molecular weight is 1390 g/mol. The third-order valence-electron chi connectivity index (χ3n) is 18.4. The van der Waals surface area contributed by atoms with Gasteiger partial charge in [0.25, 0.3) is 5.91 Å². The molecule has 9 amide bonds. The minimum Gasteiger partial charge on any atom is -0.391 e. The highest BCUT2D eigenvalue weighted by atomic mass is 32.1. The summed E-state index contributed by atoms with van der Waals surface area (Å²) >= 11 is 1.54. The van der Waals surface area contributed by atoms with Crippen LogP contribution in [0.1, 0.15) is 162 Å². The van der Waals surface area contributed by atoms with Crippen molar-refractivity contribution in [2.45, 2.75) is 178 Å². The van der Waals surface area contributed by atoms with Crippen LogP contribution in [0.3, 0.4) is 0 Å². The maximum Gasteiger partial charge on any atom is 0.399 e. The zero-order valence-corrected chi connectivity index (χ0v) is 57.1. The number of thiazole rings is 1. The number of benzene rings is 4. The minimum atomic E-state index is -5.96. The molecule has 0 unspecified atom stereocenters. The van der Waals surface area contributed by atoms with Crippen molar-refractivity contribution in [1.82, 2.24) is 51.3 Å². The van der Waals surface area contributed by atoms with Gasteiger partial charge in [0.1, 0.15) is 35.9 Å². The molecule has 11 N–H and O–H groups in total. The van der Waals surface area contributed by atoms with E-state index >= 15 is 4.79 Å². The Balaban J connectivity index is 0.818. The van der Waals surface area contributed by atoms with Gasteiger partial charge in [-0.2, -0.15) is 8.78 Å². The summed E-state index contributed by atoms with van der Waals surface area (Å²) < 4.78 is 41.4. The molecule has 2 aromatic heterocycles. The van der Waals surface area contributed by atoms with Crippen molar-refractivity contribution in [1.29, 1.82) is 0 Å². The standard InChI is InChI=1S/C70H86F2N11O13PS/c1-41(43-23-25-46(26-24-43)61-42(2)74-40-98-61)75-66(91)56-37-50(84)38-82(56)68(93)62(69(3,4)5)79-58(86)21-15-7-6-8-16-22-59(87)81-34-33-49-28-31-55(65(90)77-52(30-32-57(73)85)63(88)80-60(44-17-11-9-12-18-44)45-19-13-10-14-20-45)83(49)67(92)54(39-81)78-64(89)53-36-47-35-48(27-29-51(47)76-53)70(71,72)97(94,95)96/h9-14,17-20,23-27,29,35-36,40-41,49-50,52,54-56,60,62,76,84H,6-8,15-16,21-22,28,30-34,37-39H2,1-5H3,(H2,73,85)(H,75,91)(H,77,90)(H,78,89)(H,79,86)(H,80,88)(H2,94,95,96)/t41-,49+,50+,52-,54-,55-,56-,62+/m0/s1. The number of carbonyl (C=O) groups is 9. The zero-order valence-electron chi connectivity index (χ0n) is 55.4. The predicted molar refractivity (Wildman–Crippen MR) is 362 cm³/mol. The number of halogens is 2. The third kappa shape index (κ3) is 17.9. The summed E-state index contributed by atoms with van der Waals surface area (Å²) in [6.45, 7) is 8.88. The summed E-state index contributed by atoms with van der Waals surface area (Å²) in [5.41, 5.74) is 5.18. The summed E-state index contributed by atoms with van der Waals surface area (Å²) in [5.74, 6) is -5.33. The first-order valence-electron chi connectivity index (χ1n) is 33.0. The summed E-state index contributed by atoms with van der Waals surface area (Å²) in [7, 11) is -5.96. The van der Waals surface area contributed by atoms with Gasteiger partial charge in [-0.05, 0) is 98.2 Å². The van der Waals surface area contributed by atoms with Crippen molar-refractivity contribution in [2.75, 3.05) is 19.6 Å². The molecular weight excluding hydrogens is 1300 g/mol. The van der Waals surface area contributed by atoms with E-state index in [1.807, 2.05) is 120 Å². The number of primary amides is 1. The largest absolute Gasteiger partial charge is 0.399 e. The molecular formula is C70H86F2N11O13PS. The Bertz CT molecular complexity index is 3880. The number of H-pyrrole nitrogens is 1. The molecule has 98 heavy (non-hydrogen) atoms. The second-order valence-electron chi connectivity index (χ2n) is 26.7. The molecule has 6 aromatic rings. The molecule has 0 bridgehead atoms. The number of fused-ring (bicyclic) bond motifs is 2. The van der Waals surface area contributed by atoms with Gasteiger partial charge in [0.15, 0.2) is 0 Å². The van der Waals surface area contributed by atoms with E-state index in [0.29, 0.717) is 32.1 Å². The summed E-state index contributed by atoms with van der Waals surface area (Å²) in [6, 6.07) is 22.3. The maximum atomic E-state index is 15.1. The lowest BCUT2D eigenvalue weighted by molar-refractivity contribution is -0.145. The van der Waals surface area contributed by atoms with E-state index < -0.39 is 120 Å². The molecule has 8 atom stereocenters. The SMILES string of the molecule is Cc1ncsc1-c1ccc([C@H](C)NC(=O)[C@@H]2C[C@@H](O)CN2C(=O)[C@@H](NC(=O)CCCCCCCC(=O)N2CC[C@H]3CC[C@@H](C(=O)N[C@@H](CCC(N)=O)C(=O)NC(c4ccccc4)c4ccccc4)N3C(=O)[C@@H](NC(=O)c3cc4cc(C(F)(F)P(=O)(O)O)ccc4[nH]3)C2)C(C)(C)C)cc1.